The van der Waals surface area contributed by atoms with Gasteiger partial charge in [-0.15, -0.1) is 0 Å². The molecule has 0 aliphatic rings. The van der Waals surface area contributed by atoms with Crippen molar-refractivity contribution in [3.05, 3.63) is 96.1 Å². The molecular weight excluding hydrogens is 532 g/mol. The van der Waals surface area contributed by atoms with Gasteiger partial charge in [0.1, 0.15) is 0 Å². The minimum atomic E-state index is -0.320. The minimum Gasteiger partial charge on any atom is -0.466 e. The van der Waals surface area contributed by atoms with Crippen molar-refractivity contribution in [2.24, 2.45) is 0 Å². The highest BCUT2D eigenvalue weighted by atomic mass is 16.5. The molecule has 0 aromatic heterocycles. The van der Waals surface area contributed by atoms with Gasteiger partial charge >= 0.3 is 11.9 Å². The van der Waals surface area contributed by atoms with E-state index in [1.807, 2.05) is 60.7 Å². The monoisotopic (exact) mass is 572 g/mol. The first-order chi connectivity index (χ1) is 20.5. The Morgan fingerprint density at radius 2 is 0.857 bits per heavy atom. The summed E-state index contributed by atoms with van der Waals surface area (Å²) in [5, 5.41) is 5.59. The summed E-state index contributed by atoms with van der Waals surface area (Å²) in [6, 6.07) is 26.9. The van der Waals surface area contributed by atoms with Crippen molar-refractivity contribution in [3.63, 3.8) is 0 Å². The first kappa shape index (κ1) is 32.1. The number of para-hydroxylation sites is 2. The summed E-state index contributed by atoms with van der Waals surface area (Å²) in [6.45, 7) is 0.700. The van der Waals surface area contributed by atoms with Crippen LogP contribution in [0.15, 0.2) is 84.9 Å². The number of aryl methyl sites for hydroxylation is 2. The lowest BCUT2D eigenvalue weighted by molar-refractivity contribution is -0.144. The molecule has 0 aliphatic heterocycles. The molecule has 42 heavy (non-hydrogen) atoms. The van der Waals surface area contributed by atoms with E-state index >= 15 is 0 Å². The summed E-state index contributed by atoms with van der Waals surface area (Å²) in [5.74, 6) is -1.16. The van der Waals surface area contributed by atoms with Gasteiger partial charge in [-0.25, -0.2) is 0 Å². The van der Waals surface area contributed by atoms with Gasteiger partial charge in [-0.2, -0.15) is 0 Å². The van der Waals surface area contributed by atoms with Gasteiger partial charge in [0.05, 0.1) is 24.6 Å². The molecule has 0 fully saturated rings. The molecule has 3 aromatic rings. The number of carbonyl (C=O) groups is 4. The maximum atomic E-state index is 12.5. The minimum absolute atomic E-state index is 0.148. The lowest BCUT2D eigenvalue weighted by Crippen LogP contribution is -2.17. The van der Waals surface area contributed by atoms with Crippen molar-refractivity contribution in [3.8, 4) is 0 Å². The molecule has 8 heteroatoms. The molecule has 2 amide bonds. The van der Waals surface area contributed by atoms with Gasteiger partial charge in [-0.05, 0) is 61.8 Å². The lowest BCUT2D eigenvalue weighted by atomic mass is 10.1. The summed E-state index contributed by atoms with van der Waals surface area (Å²) in [4.78, 5) is 48.9. The second-order valence-electron chi connectivity index (χ2n) is 9.97. The van der Waals surface area contributed by atoms with Crippen LogP contribution in [0.5, 0.6) is 0 Å². The smallest absolute Gasteiger partial charge is 0.305 e. The predicted molar refractivity (Wildman–Crippen MR) is 163 cm³/mol. The van der Waals surface area contributed by atoms with E-state index in [1.165, 1.54) is 11.1 Å². The summed E-state index contributed by atoms with van der Waals surface area (Å²) in [7, 11) is 0. The van der Waals surface area contributed by atoms with E-state index in [4.69, 9.17) is 9.47 Å². The van der Waals surface area contributed by atoms with Gasteiger partial charge < -0.3 is 20.1 Å². The Bertz CT molecular complexity index is 1160. The van der Waals surface area contributed by atoms with E-state index in [0.29, 0.717) is 37.4 Å². The molecule has 8 nitrogen and oxygen atoms in total. The fourth-order valence-corrected chi connectivity index (χ4v) is 4.27. The zero-order valence-electron chi connectivity index (χ0n) is 24.0. The molecule has 0 spiro atoms. The highest BCUT2D eigenvalue weighted by Crippen LogP contribution is 2.22. The van der Waals surface area contributed by atoms with Crippen molar-refractivity contribution in [2.75, 3.05) is 23.8 Å². The molecule has 0 saturated carbocycles. The molecule has 0 aliphatic carbocycles. The number of benzene rings is 3. The fourth-order valence-electron chi connectivity index (χ4n) is 4.27. The molecule has 0 bridgehead atoms. The zero-order valence-corrected chi connectivity index (χ0v) is 24.0. The third-order valence-corrected chi connectivity index (χ3v) is 6.48. The van der Waals surface area contributed by atoms with Crippen LogP contribution in [0, 0.1) is 0 Å². The number of hydrogen-bond donors (Lipinski definition) is 2. The number of esters is 2. The van der Waals surface area contributed by atoms with Crippen molar-refractivity contribution in [2.45, 2.75) is 64.2 Å². The molecule has 0 atom stereocenters. The van der Waals surface area contributed by atoms with E-state index < -0.39 is 0 Å². The van der Waals surface area contributed by atoms with Crippen LogP contribution >= 0.6 is 0 Å². The highest BCUT2D eigenvalue weighted by molar-refractivity contribution is 5.99. The molecule has 0 heterocycles. The maximum Gasteiger partial charge on any atom is 0.305 e. The summed E-state index contributed by atoms with van der Waals surface area (Å²) in [6.07, 6.45) is 4.52. The Hall–Kier alpha value is -4.46. The number of ether oxygens (including phenoxy) is 2. The van der Waals surface area contributed by atoms with Gasteiger partial charge in [0.25, 0.3) is 0 Å². The maximum absolute atomic E-state index is 12.5. The van der Waals surface area contributed by atoms with Crippen molar-refractivity contribution in [1.82, 2.24) is 0 Å². The molecule has 0 unspecified atom stereocenters. The number of amides is 2. The molecule has 222 valence electrons. The van der Waals surface area contributed by atoms with Crippen LogP contribution in [0.2, 0.25) is 0 Å². The molecule has 2 N–H and O–H groups in total. The van der Waals surface area contributed by atoms with Crippen LogP contribution in [0.1, 0.15) is 62.5 Å². The largest absolute Gasteiger partial charge is 0.466 e. The van der Waals surface area contributed by atoms with Crippen molar-refractivity contribution >= 4 is 35.1 Å². The molecule has 3 aromatic carbocycles. The van der Waals surface area contributed by atoms with E-state index in [1.54, 1.807) is 24.3 Å². The van der Waals surface area contributed by atoms with E-state index in [0.717, 1.165) is 25.7 Å². The highest BCUT2D eigenvalue weighted by Gasteiger charge is 2.12. The Morgan fingerprint density at radius 3 is 1.26 bits per heavy atom. The average Bonchev–Trinajstić information content (AvgIpc) is 2.99. The third kappa shape index (κ3) is 13.3. The van der Waals surface area contributed by atoms with Crippen LogP contribution in [-0.4, -0.2) is 37.0 Å². The molecule has 3 rings (SSSR count). The number of carbonyl (C=O) groups excluding carboxylic acids is 4. The van der Waals surface area contributed by atoms with Gasteiger partial charge in [-0.1, -0.05) is 72.8 Å². The topological polar surface area (TPSA) is 111 Å². The fraction of sp³-hybridized carbons (Fsp3) is 0.353. The molecular formula is C34H40N2O6. The summed E-state index contributed by atoms with van der Waals surface area (Å²) < 4.78 is 10.5. The average molecular weight is 573 g/mol. The standard InChI is InChI=1S/C34H40N2O6/c37-31(21-9-23-33(39)41-25-11-17-27-13-3-1-4-14-27)35-29-19-7-8-20-30(29)36-32(38)22-10-24-34(40)42-26-12-18-28-15-5-2-6-16-28/h1-8,13-16,19-20H,9-12,17-18,21-26H2,(H,35,37)(H,36,38). The van der Waals surface area contributed by atoms with Gasteiger partial charge in [0.15, 0.2) is 0 Å². The van der Waals surface area contributed by atoms with E-state index in [2.05, 4.69) is 10.6 Å². The van der Waals surface area contributed by atoms with Crippen LogP contribution in [0.25, 0.3) is 0 Å². The van der Waals surface area contributed by atoms with Crippen LogP contribution < -0.4 is 10.6 Å². The second kappa shape index (κ2) is 18.8. The van der Waals surface area contributed by atoms with Crippen LogP contribution in [0.3, 0.4) is 0 Å². The quantitative estimate of drug-likeness (QED) is 0.138. The number of hydrogen-bond acceptors (Lipinski definition) is 6. The molecule has 0 saturated heterocycles. The summed E-state index contributed by atoms with van der Waals surface area (Å²) >= 11 is 0. The normalized spacial score (nSPS) is 10.5. The molecule has 0 radical (unpaired) electrons. The van der Waals surface area contributed by atoms with Gasteiger partial charge in [0.2, 0.25) is 11.8 Å². The van der Waals surface area contributed by atoms with Crippen molar-refractivity contribution in [1.29, 1.82) is 0 Å². The predicted octanol–water partition coefficient (Wildman–Crippen LogP) is 6.26. The van der Waals surface area contributed by atoms with Gasteiger partial charge in [-0.3, -0.25) is 19.2 Å². The number of nitrogens with one attached hydrogen (secondary N) is 2. The summed E-state index contributed by atoms with van der Waals surface area (Å²) in [5.41, 5.74) is 3.34. The Labute approximate surface area is 247 Å². The Morgan fingerprint density at radius 1 is 0.476 bits per heavy atom. The number of rotatable bonds is 18. The Kier molecular flexibility index (Phi) is 14.4. The first-order valence-corrected chi connectivity index (χ1v) is 14.6. The van der Waals surface area contributed by atoms with Crippen molar-refractivity contribution < 1.29 is 28.7 Å². The van der Waals surface area contributed by atoms with Crippen LogP contribution in [0.4, 0.5) is 11.4 Å². The number of anilines is 2. The van der Waals surface area contributed by atoms with Crippen LogP contribution in [-0.2, 0) is 41.5 Å². The van der Waals surface area contributed by atoms with E-state index in [9.17, 15) is 19.2 Å². The van der Waals surface area contributed by atoms with E-state index in [-0.39, 0.29) is 49.4 Å². The second-order valence-corrected chi connectivity index (χ2v) is 9.97. The Balaban J connectivity index is 1.26. The lowest BCUT2D eigenvalue weighted by Gasteiger charge is -2.12. The van der Waals surface area contributed by atoms with Gasteiger partial charge in [0, 0.05) is 25.7 Å². The SMILES string of the molecule is O=C(CCCC(=O)OCCCc1ccccc1)Nc1ccccc1NC(=O)CCCC(=O)OCCCc1ccccc1. The first-order valence-electron chi connectivity index (χ1n) is 14.6. The zero-order chi connectivity index (χ0) is 29.8. The third-order valence-electron chi connectivity index (χ3n) is 6.48.